The lowest BCUT2D eigenvalue weighted by Crippen LogP contribution is -2.37. The summed E-state index contributed by atoms with van der Waals surface area (Å²) in [7, 11) is 0. The summed E-state index contributed by atoms with van der Waals surface area (Å²) in [5.74, 6) is 0.330. The van der Waals surface area contributed by atoms with Crippen LogP contribution in [0.3, 0.4) is 0 Å². The number of ketones is 1. The maximum absolute atomic E-state index is 12.5. The Morgan fingerprint density at radius 2 is 1.59 bits per heavy atom. The second-order valence-electron chi connectivity index (χ2n) is 6.98. The average molecular weight is 404 g/mol. The van der Waals surface area contributed by atoms with Gasteiger partial charge in [-0.25, -0.2) is 5.01 Å². The monoisotopic (exact) mass is 403 g/mol. The molecule has 0 spiro atoms. The number of para-hydroxylation sites is 1. The van der Waals surface area contributed by atoms with E-state index in [1.807, 2.05) is 64.5 Å². The highest BCUT2D eigenvalue weighted by Gasteiger charge is 2.39. The zero-order chi connectivity index (χ0) is 20.4. The summed E-state index contributed by atoms with van der Waals surface area (Å²) in [5, 5.41) is 7.28. The Kier molecular flexibility index (Phi) is 5.36. The lowest BCUT2D eigenvalue weighted by molar-refractivity contribution is -0.111. The molecular formula is C24H22ClN3O. The fourth-order valence-corrected chi connectivity index (χ4v) is 3.66. The molecule has 1 aliphatic rings. The molecule has 146 valence electrons. The van der Waals surface area contributed by atoms with Gasteiger partial charge in [0.2, 0.25) is 0 Å². The fraction of sp³-hybridized carbons (Fsp3) is 0.167. The summed E-state index contributed by atoms with van der Waals surface area (Å²) < 4.78 is 0. The number of aryl methyl sites for hydroxylation is 1. The molecule has 29 heavy (non-hydrogen) atoms. The van der Waals surface area contributed by atoms with E-state index in [4.69, 9.17) is 16.7 Å². The van der Waals surface area contributed by atoms with Crippen molar-refractivity contribution in [3.63, 3.8) is 0 Å². The summed E-state index contributed by atoms with van der Waals surface area (Å²) in [6.07, 6.45) is 0.701. The van der Waals surface area contributed by atoms with Gasteiger partial charge in [-0.1, -0.05) is 61.0 Å². The van der Waals surface area contributed by atoms with Gasteiger partial charge < -0.3 is 0 Å². The minimum atomic E-state index is -0.275. The number of halogens is 1. The van der Waals surface area contributed by atoms with Crippen LogP contribution in [0.25, 0.3) is 0 Å². The molecule has 3 aromatic rings. The Morgan fingerprint density at radius 1 is 0.931 bits per heavy atom. The molecule has 1 atom stereocenters. The molecule has 5 heteroatoms. The number of Topliss-reactive ketones (excluding diaryl/α,β-unsaturated/α-hetero) is 1. The second-order valence-corrected chi connectivity index (χ2v) is 7.41. The van der Waals surface area contributed by atoms with Crippen LogP contribution >= 0.6 is 11.6 Å². The van der Waals surface area contributed by atoms with Crippen molar-refractivity contribution >= 4 is 34.6 Å². The molecule has 0 fully saturated rings. The maximum Gasteiger partial charge on any atom is 0.198 e. The molecule has 0 unspecified atom stereocenters. The van der Waals surface area contributed by atoms with Crippen LogP contribution in [0.1, 0.15) is 31.1 Å². The highest BCUT2D eigenvalue weighted by atomic mass is 35.5. The molecule has 0 saturated carbocycles. The molecule has 0 amide bonds. The molecule has 0 bridgehead atoms. The molecule has 1 heterocycles. The van der Waals surface area contributed by atoms with Crippen molar-refractivity contribution in [3.8, 4) is 0 Å². The number of anilines is 2. The van der Waals surface area contributed by atoms with Gasteiger partial charge in [-0.15, -0.1) is 5.10 Å². The summed E-state index contributed by atoms with van der Waals surface area (Å²) >= 11 is 6.09. The van der Waals surface area contributed by atoms with Gasteiger partial charge in [-0.3, -0.25) is 9.69 Å². The van der Waals surface area contributed by atoms with Gasteiger partial charge in [0.1, 0.15) is 0 Å². The molecule has 0 radical (unpaired) electrons. The molecule has 1 aliphatic heterocycles. The Morgan fingerprint density at radius 3 is 2.17 bits per heavy atom. The number of amidine groups is 1. The fourth-order valence-electron chi connectivity index (χ4n) is 3.53. The minimum absolute atomic E-state index is 0.0829. The molecule has 0 aliphatic carbocycles. The normalized spacial score (nSPS) is 16.1. The highest BCUT2D eigenvalue weighted by molar-refractivity contribution is 6.44. The van der Waals surface area contributed by atoms with Crippen LogP contribution in [0.4, 0.5) is 11.4 Å². The summed E-state index contributed by atoms with van der Waals surface area (Å²) in [6.45, 7) is 3.69. The van der Waals surface area contributed by atoms with Crippen LogP contribution in [-0.4, -0.2) is 11.6 Å². The van der Waals surface area contributed by atoms with Crippen LogP contribution in [-0.2, 0) is 11.2 Å². The molecule has 3 aromatic carbocycles. The minimum Gasteiger partial charge on any atom is -0.295 e. The first-order valence-corrected chi connectivity index (χ1v) is 10.0. The van der Waals surface area contributed by atoms with Crippen LogP contribution in [0.15, 0.2) is 84.0 Å². The van der Waals surface area contributed by atoms with Crippen LogP contribution in [0.2, 0.25) is 5.02 Å². The van der Waals surface area contributed by atoms with Crippen molar-refractivity contribution in [1.29, 1.82) is 0 Å². The Bertz CT molecular complexity index is 1030. The van der Waals surface area contributed by atoms with Gasteiger partial charge in [0, 0.05) is 17.6 Å². The van der Waals surface area contributed by atoms with E-state index in [0.717, 1.165) is 23.4 Å². The number of rotatable bonds is 5. The van der Waals surface area contributed by atoms with Crippen LogP contribution in [0.5, 0.6) is 0 Å². The summed E-state index contributed by atoms with van der Waals surface area (Å²) in [6, 6.07) is 25.9. The van der Waals surface area contributed by atoms with Crippen molar-refractivity contribution in [2.24, 2.45) is 5.10 Å². The highest BCUT2D eigenvalue weighted by Crippen LogP contribution is 2.39. The molecule has 4 rings (SSSR count). The Hall–Kier alpha value is -3.11. The number of hydrazone groups is 1. The number of carbonyl (C=O) groups is 1. The predicted octanol–water partition coefficient (Wildman–Crippen LogP) is 5.83. The van der Waals surface area contributed by atoms with Crippen molar-refractivity contribution in [2.45, 2.75) is 26.4 Å². The second kappa shape index (κ2) is 8.10. The van der Waals surface area contributed by atoms with E-state index in [0.29, 0.717) is 10.9 Å². The molecule has 0 saturated heterocycles. The van der Waals surface area contributed by atoms with E-state index < -0.39 is 0 Å². The van der Waals surface area contributed by atoms with Crippen LogP contribution < -0.4 is 9.91 Å². The first kappa shape index (κ1) is 19.2. The molecule has 0 aromatic heterocycles. The molecular weight excluding hydrogens is 382 g/mol. The van der Waals surface area contributed by atoms with E-state index >= 15 is 0 Å². The summed E-state index contributed by atoms with van der Waals surface area (Å²) in [4.78, 5) is 14.5. The number of nitrogens with zero attached hydrogens (tertiary/aromatic N) is 3. The van der Waals surface area contributed by atoms with Crippen LogP contribution in [0, 0.1) is 0 Å². The van der Waals surface area contributed by atoms with Gasteiger partial charge in [0.05, 0.1) is 5.69 Å². The number of hydrogen-bond acceptors (Lipinski definition) is 4. The quantitative estimate of drug-likeness (QED) is 0.537. The SMILES string of the molecule is CCc1ccc([C@@H]2N(c3ccc(Cl)cc3)N=C(C(C)=O)N2c2ccccc2)cc1. The van der Waals surface area contributed by atoms with Gasteiger partial charge in [0.25, 0.3) is 0 Å². The van der Waals surface area contributed by atoms with Gasteiger partial charge in [0.15, 0.2) is 17.8 Å². The predicted molar refractivity (Wildman–Crippen MR) is 120 cm³/mol. The van der Waals surface area contributed by atoms with E-state index in [1.54, 1.807) is 6.92 Å². The lowest BCUT2D eigenvalue weighted by Gasteiger charge is -2.32. The lowest BCUT2D eigenvalue weighted by atomic mass is 10.1. The molecule has 0 N–H and O–H groups in total. The maximum atomic E-state index is 12.5. The average Bonchev–Trinajstić information content (AvgIpc) is 3.16. The third-order valence-corrected chi connectivity index (χ3v) is 5.29. The standard InChI is InChI=1S/C24H22ClN3O/c1-3-18-9-11-19(12-10-18)24-27(21-7-5-4-6-8-21)23(17(2)29)26-28(24)22-15-13-20(25)14-16-22/h4-16,24H,3H2,1-2H3/t24-/m0/s1. The topological polar surface area (TPSA) is 35.9 Å². The first-order valence-electron chi connectivity index (χ1n) is 9.66. The van der Waals surface area contributed by atoms with E-state index in [-0.39, 0.29) is 11.9 Å². The Labute approximate surface area is 176 Å². The Balaban J connectivity index is 1.87. The van der Waals surface area contributed by atoms with Gasteiger partial charge in [-0.05, 0) is 53.9 Å². The zero-order valence-corrected chi connectivity index (χ0v) is 17.2. The molecule has 4 nitrogen and oxygen atoms in total. The number of hydrogen-bond donors (Lipinski definition) is 0. The zero-order valence-electron chi connectivity index (χ0n) is 16.4. The largest absolute Gasteiger partial charge is 0.295 e. The smallest absolute Gasteiger partial charge is 0.198 e. The first-order chi connectivity index (χ1) is 14.1. The van der Waals surface area contributed by atoms with E-state index in [2.05, 4.69) is 31.2 Å². The van der Waals surface area contributed by atoms with Gasteiger partial charge >= 0.3 is 0 Å². The van der Waals surface area contributed by atoms with Gasteiger partial charge in [-0.2, -0.15) is 0 Å². The van der Waals surface area contributed by atoms with E-state index in [1.165, 1.54) is 5.56 Å². The van der Waals surface area contributed by atoms with E-state index in [9.17, 15) is 4.79 Å². The van der Waals surface area contributed by atoms with Crippen molar-refractivity contribution in [2.75, 3.05) is 9.91 Å². The van der Waals surface area contributed by atoms with Crippen molar-refractivity contribution in [1.82, 2.24) is 0 Å². The number of carbonyl (C=O) groups excluding carboxylic acids is 1. The number of benzene rings is 3. The summed E-state index contributed by atoms with van der Waals surface area (Å²) in [5.41, 5.74) is 4.11. The third-order valence-electron chi connectivity index (χ3n) is 5.03. The van der Waals surface area contributed by atoms with Crippen molar-refractivity contribution < 1.29 is 4.79 Å². The van der Waals surface area contributed by atoms with Crippen molar-refractivity contribution in [3.05, 3.63) is 95.0 Å². The third kappa shape index (κ3) is 3.76.